The number of rotatable bonds is 7. The van der Waals surface area contributed by atoms with Crippen LogP contribution in [0.25, 0.3) is 10.8 Å². The molecule has 1 atom stereocenters. The molecular weight excluding hydrogens is 272 g/mol. The molecule has 0 aromatic carbocycles. The summed E-state index contributed by atoms with van der Waals surface area (Å²) < 4.78 is 5.58. The summed E-state index contributed by atoms with van der Waals surface area (Å²) in [6.07, 6.45) is 3.87. The highest BCUT2D eigenvalue weighted by Crippen LogP contribution is 2.27. The summed E-state index contributed by atoms with van der Waals surface area (Å²) in [4.78, 5) is 5.54. The van der Waals surface area contributed by atoms with Gasteiger partial charge >= 0.3 is 0 Å². The molecule has 0 saturated heterocycles. The van der Waals surface area contributed by atoms with Gasteiger partial charge in [-0.1, -0.05) is 13.3 Å². The van der Waals surface area contributed by atoms with Gasteiger partial charge in [0.2, 0.25) is 0 Å². The molecule has 0 bridgehead atoms. The summed E-state index contributed by atoms with van der Waals surface area (Å²) in [5.74, 6) is 1.71. The predicted octanol–water partition coefficient (Wildman–Crippen LogP) is 3.35. The van der Waals surface area contributed by atoms with Crippen molar-refractivity contribution in [2.45, 2.75) is 45.7 Å². The molecule has 0 aliphatic rings. The smallest absolute Gasteiger partial charge is 0.162 e. The molecule has 2 aromatic heterocycles. The van der Waals surface area contributed by atoms with Crippen LogP contribution >= 0.6 is 11.3 Å². The van der Waals surface area contributed by atoms with E-state index in [1.807, 2.05) is 32.2 Å². The van der Waals surface area contributed by atoms with Crippen molar-refractivity contribution < 1.29 is 9.52 Å². The fourth-order valence-electron chi connectivity index (χ4n) is 2.13. The van der Waals surface area contributed by atoms with Gasteiger partial charge in [0.25, 0.3) is 0 Å². The molecule has 1 unspecified atom stereocenters. The minimum atomic E-state index is -0.222. The third-order valence-corrected chi connectivity index (χ3v) is 4.36. The first-order valence-electron chi connectivity index (χ1n) is 6.94. The van der Waals surface area contributed by atoms with Crippen molar-refractivity contribution in [3.8, 4) is 10.8 Å². The van der Waals surface area contributed by atoms with Crippen LogP contribution < -0.4 is 5.32 Å². The van der Waals surface area contributed by atoms with E-state index in [0.29, 0.717) is 6.54 Å². The number of thiazole rings is 1. The van der Waals surface area contributed by atoms with E-state index >= 15 is 0 Å². The lowest BCUT2D eigenvalue weighted by molar-refractivity contribution is 0.163. The Hall–Kier alpha value is -1.17. The highest BCUT2D eigenvalue weighted by atomic mass is 32.1. The predicted molar refractivity (Wildman–Crippen MR) is 81.8 cm³/mol. The van der Waals surface area contributed by atoms with Gasteiger partial charge in [-0.25, -0.2) is 4.98 Å². The Morgan fingerprint density at radius 1 is 1.45 bits per heavy atom. The van der Waals surface area contributed by atoms with Crippen molar-refractivity contribution in [3.63, 3.8) is 0 Å². The number of aliphatic hydroxyl groups is 1. The molecule has 110 valence electrons. The summed E-state index contributed by atoms with van der Waals surface area (Å²) in [6.45, 7) is 6.96. The maximum absolute atomic E-state index is 9.49. The number of aryl methyl sites for hydroxylation is 1. The number of aliphatic hydroxyl groups excluding tert-OH is 1. The monoisotopic (exact) mass is 294 g/mol. The fourth-order valence-corrected chi connectivity index (χ4v) is 2.94. The van der Waals surface area contributed by atoms with E-state index in [9.17, 15) is 5.11 Å². The summed E-state index contributed by atoms with van der Waals surface area (Å²) >= 11 is 1.62. The lowest BCUT2D eigenvalue weighted by atomic mass is 9.97. The van der Waals surface area contributed by atoms with Crippen LogP contribution in [0.5, 0.6) is 0 Å². The minimum absolute atomic E-state index is 0.143. The van der Waals surface area contributed by atoms with Gasteiger partial charge in [-0.3, -0.25) is 0 Å². The topological polar surface area (TPSA) is 58.3 Å². The highest BCUT2D eigenvalue weighted by Gasteiger charge is 2.21. The van der Waals surface area contributed by atoms with Crippen molar-refractivity contribution in [2.75, 3.05) is 6.61 Å². The van der Waals surface area contributed by atoms with Crippen molar-refractivity contribution in [3.05, 3.63) is 29.0 Å². The van der Waals surface area contributed by atoms with Gasteiger partial charge in [0.1, 0.15) is 5.76 Å². The molecule has 20 heavy (non-hydrogen) atoms. The number of hydrogen-bond donors (Lipinski definition) is 2. The third kappa shape index (κ3) is 3.69. The summed E-state index contributed by atoms with van der Waals surface area (Å²) in [6, 6.07) is 3.89. The second-order valence-electron chi connectivity index (χ2n) is 5.36. The second-order valence-corrected chi connectivity index (χ2v) is 6.48. The number of aromatic nitrogens is 1. The average Bonchev–Trinajstić information content (AvgIpc) is 3.05. The van der Waals surface area contributed by atoms with Gasteiger partial charge in [-0.15, -0.1) is 11.3 Å². The van der Waals surface area contributed by atoms with Crippen LogP contribution in [0, 0.1) is 6.92 Å². The van der Waals surface area contributed by atoms with Crippen LogP contribution in [0.3, 0.4) is 0 Å². The highest BCUT2D eigenvalue weighted by molar-refractivity contribution is 7.14. The molecule has 4 nitrogen and oxygen atoms in total. The van der Waals surface area contributed by atoms with Crippen molar-refractivity contribution in [1.82, 2.24) is 10.3 Å². The Labute approximate surface area is 123 Å². The van der Waals surface area contributed by atoms with Crippen LogP contribution in [0.15, 0.2) is 22.7 Å². The molecule has 0 amide bonds. The molecule has 0 spiro atoms. The largest absolute Gasteiger partial charge is 0.459 e. The Balaban J connectivity index is 1.99. The maximum atomic E-state index is 9.49. The molecule has 0 aliphatic heterocycles. The lowest BCUT2D eigenvalue weighted by Gasteiger charge is -2.28. The Morgan fingerprint density at radius 3 is 2.85 bits per heavy atom. The number of nitrogens with one attached hydrogen (secondary N) is 1. The molecule has 2 heterocycles. The molecule has 0 fully saturated rings. The van der Waals surface area contributed by atoms with E-state index in [4.69, 9.17) is 4.42 Å². The van der Waals surface area contributed by atoms with Gasteiger partial charge in [0.15, 0.2) is 10.8 Å². The zero-order chi connectivity index (χ0) is 14.6. The second kappa shape index (κ2) is 6.52. The van der Waals surface area contributed by atoms with Crippen molar-refractivity contribution in [1.29, 1.82) is 0 Å². The van der Waals surface area contributed by atoms with Gasteiger partial charge in [-0.05, 0) is 32.4 Å². The average molecular weight is 294 g/mol. The standard InChI is InChI=1S/C15H22N2O2S/c1-4-7-15(3,10-18)17-9-12-8-16-14(20-12)13-6-5-11(2)19-13/h5-6,8,17-18H,4,7,9-10H2,1-3H3. The number of furan rings is 1. The van der Waals surface area contributed by atoms with Gasteiger partial charge in [0, 0.05) is 23.2 Å². The fraction of sp³-hybridized carbons (Fsp3) is 0.533. The van der Waals surface area contributed by atoms with Gasteiger partial charge < -0.3 is 14.8 Å². The van der Waals surface area contributed by atoms with Gasteiger partial charge in [-0.2, -0.15) is 0 Å². The van der Waals surface area contributed by atoms with E-state index in [-0.39, 0.29) is 12.1 Å². The SMILES string of the molecule is CCCC(C)(CO)NCc1cnc(-c2ccc(C)o2)s1. The minimum Gasteiger partial charge on any atom is -0.459 e. The first-order valence-corrected chi connectivity index (χ1v) is 7.75. The Kier molecular flexibility index (Phi) is 4.96. The summed E-state index contributed by atoms with van der Waals surface area (Å²) in [5, 5.41) is 13.8. The normalized spacial score (nSPS) is 14.4. The quantitative estimate of drug-likeness (QED) is 0.822. The van der Waals surface area contributed by atoms with Gasteiger partial charge in [0.05, 0.1) is 6.61 Å². The van der Waals surface area contributed by atoms with E-state index in [1.54, 1.807) is 11.3 Å². The molecule has 0 aliphatic carbocycles. The molecular formula is C15H22N2O2S. The van der Waals surface area contributed by atoms with Crippen molar-refractivity contribution >= 4 is 11.3 Å². The first-order chi connectivity index (χ1) is 9.56. The zero-order valence-corrected chi connectivity index (χ0v) is 13.1. The van der Waals surface area contributed by atoms with E-state index in [1.165, 1.54) is 0 Å². The maximum Gasteiger partial charge on any atom is 0.162 e. The number of hydrogen-bond acceptors (Lipinski definition) is 5. The molecule has 0 saturated carbocycles. The van der Waals surface area contributed by atoms with Crippen molar-refractivity contribution in [2.24, 2.45) is 0 Å². The molecule has 2 rings (SSSR count). The molecule has 5 heteroatoms. The van der Waals surface area contributed by atoms with E-state index < -0.39 is 0 Å². The van der Waals surface area contributed by atoms with E-state index in [0.717, 1.165) is 34.2 Å². The summed E-state index contributed by atoms with van der Waals surface area (Å²) in [5.41, 5.74) is -0.222. The zero-order valence-electron chi connectivity index (χ0n) is 12.3. The van der Waals surface area contributed by atoms with Crippen LogP contribution in [-0.4, -0.2) is 22.2 Å². The van der Waals surface area contributed by atoms with Crippen LogP contribution in [0.4, 0.5) is 0 Å². The van der Waals surface area contributed by atoms with E-state index in [2.05, 4.69) is 17.2 Å². The van der Waals surface area contributed by atoms with Crippen LogP contribution in [0.1, 0.15) is 37.3 Å². The van der Waals surface area contributed by atoms with Crippen LogP contribution in [-0.2, 0) is 6.54 Å². The lowest BCUT2D eigenvalue weighted by Crippen LogP contribution is -2.44. The Morgan fingerprint density at radius 2 is 2.25 bits per heavy atom. The molecule has 2 aromatic rings. The Bertz CT molecular complexity index is 550. The molecule has 0 radical (unpaired) electrons. The molecule has 2 N–H and O–H groups in total. The first kappa shape index (κ1) is 15.2. The number of nitrogens with zero attached hydrogens (tertiary/aromatic N) is 1. The third-order valence-electron chi connectivity index (χ3n) is 3.34. The summed E-state index contributed by atoms with van der Waals surface area (Å²) in [7, 11) is 0. The van der Waals surface area contributed by atoms with Crippen LogP contribution in [0.2, 0.25) is 0 Å².